The fourth-order valence-corrected chi connectivity index (χ4v) is 3.03. The Kier molecular flexibility index (Phi) is 5.18. The number of hydrogen-bond acceptors (Lipinski definition) is 4. The minimum atomic E-state index is -0.455. The normalized spacial score (nSPS) is 12.2. The van der Waals surface area contributed by atoms with Crippen LogP contribution < -0.4 is 9.47 Å². The summed E-state index contributed by atoms with van der Waals surface area (Å²) in [7, 11) is 3.14. The molecule has 0 bridgehead atoms. The van der Waals surface area contributed by atoms with Crippen molar-refractivity contribution >= 4 is 0 Å². The number of methoxy groups -OCH3 is 2. The van der Waals surface area contributed by atoms with E-state index in [-0.39, 0.29) is 16.9 Å². The van der Waals surface area contributed by atoms with Crippen LogP contribution >= 0.6 is 0 Å². The van der Waals surface area contributed by atoms with Crippen LogP contribution in [-0.2, 0) is 10.8 Å². The van der Waals surface area contributed by atoms with Gasteiger partial charge in [0.1, 0.15) is 11.5 Å². The van der Waals surface area contributed by atoms with E-state index >= 15 is 0 Å². The van der Waals surface area contributed by atoms with Crippen molar-refractivity contribution in [1.29, 1.82) is 0 Å². The van der Waals surface area contributed by atoms with Crippen molar-refractivity contribution in [3.05, 3.63) is 35.4 Å². The highest BCUT2D eigenvalue weighted by Crippen LogP contribution is 2.49. The van der Waals surface area contributed by atoms with Gasteiger partial charge in [0.25, 0.3) is 0 Å². The van der Waals surface area contributed by atoms with E-state index in [1.54, 1.807) is 13.2 Å². The molecule has 2 aromatic carbocycles. The first-order valence-corrected chi connectivity index (χ1v) is 8.73. The van der Waals surface area contributed by atoms with E-state index in [0.29, 0.717) is 16.9 Å². The zero-order valence-electron chi connectivity index (χ0n) is 17.0. The van der Waals surface area contributed by atoms with E-state index in [1.165, 1.54) is 7.11 Å². The fourth-order valence-electron chi connectivity index (χ4n) is 3.03. The average molecular weight is 358 g/mol. The average Bonchev–Trinajstić information content (AvgIpc) is 2.52. The molecule has 0 saturated heterocycles. The highest BCUT2D eigenvalue weighted by molar-refractivity contribution is 5.78. The molecule has 2 N–H and O–H groups in total. The van der Waals surface area contributed by atoms with Gasteiger partial charge in [0.05, 0.1) is 14.2 Å². The molecule has 0 aliphatic rings. The summed E-state index contributed by atoms with van der Waals surface area (Å²) in [6.45, 7) is 12.2. The standard InChI is InChI=1S/C22H30O4/c1-21(2,3)14-9-13(10-15(11-14)25-7)16-12-17(26-8)20(24)18(19(16)23)22(4,5)6/h9-12,23-24H,1-8H3. The maximum atomic E-state index is 11.0. The maximum Gasteiger partial charge on any atom is 0.165 e. The van der Waals surface area contributed by atoms with Gasteiger partial charge in [-0.05, 0) is 40.2 Å². The van der Waals surface area contributed by atoms with Crippen LogP contribution in [0, 0.1) is 0 Å². The molecule has 2 aromatic rings. The second-order valence-corrected chi connectivity index (χ2v) is 8.65. The van der Waals surface area contributed by atoms with Crippen molar-refractivity contribution in [2.24, 2.45) is 0 Å². The van der Waals surface area contributed by atoms with E-state index in [9.17, 15) is 10.2 Å². The molecule has 26 heavy (non-hydrogen) atoms. The van der Waals surface area contributed by atoms with Crippen molar-refractivity contribution in [2.45, 2.75) is 52.4 Å². The smallest absolute Gasteiger partial charge is 0.165 e. The summed E-state index contributed by atoms with van der Waals surface area (Å²) in [4.78, 5) is 0. The Morgan fingerprint density at radius 1 is 0.731 bits per heavy atom. The van der Waals surface area contributed by atoms with Crippen LogP contribution in [0.25, 0.3) is 11.1 Å². The van der Waals surface area contributed by atoms with Crippen molar-refractivity contribution in [3.63, 3.8) is 0 Å². The molecule has 0 atom stereocenters. The van der Waals surface area contributed by atoms with Crippen molar-refractivity contribution in [1.82, 2.24) is 0 Å². The van der Waals surface area contributed by atoms with Gasteiger partial charge in [0.15, 0.2) is 11.5 Å². The van der Waals surface area contributed by atoms with Gasteiger partial charge < -0.3 is 19.7 Å². The van der Waals surface area contributed by atoms with E-state index in [1.807, 2.05) is 39.0 Å². The van der Waals surface area contributed by atoms with Crippen LogP contribution in [0.4, 0.5) is 0 Å². The summed E-state index contributed by atoms with van der Waals surface area (Å²) >= 11 is 0. The third kappa shape index (κ3) is 3.74. The van der Waals surface area contributed by atoms with Gasteiger partial charge in [0.2, 0.25) is 0 Å². The largest absolute Gasteiger partial charge is 0.507 e. The first-order valence-electron chi connectivity index (χ1n) is 8.73. The molecule has 4 nitrogen and oxygen atoms in total. The number of phenols is 2. The van der Waals surface area contributed by atoms with Gasteiger partial charge in [0, 0.05) is 11.1 Å². The van der Waals surface area contributed by atoms with Gasteiger partial charge in [-0.25, -0.2) is 0 Å². The summed E-state index contributed by atoms with van der Waals surface area (Å²) in [5, 5.41) is 21.5. The molecule has 0 radical (unpaired) electrons. The molecule has 0 saturated carbocycles. The van der Waals surface area contributed by atoms with Gasteiger partial charge >= 0.3 is 0 Å². The summed E-state index contributed by atoms with van der Waals surface area (Å²) in [5.41, 5.74) is 2.45. The topological polar surface area (TPSA) is 58.9 Å². The molecule has 0 fully saturated rings. The quantitative estimate of drug-likeness (QED) is 0.774. The Balaban J connectivity index is 2.84. The van der Waals surface area contributed by atoms with E-state index < -0.39 is 5.41 Å². The van der Waals surface area contributed by atoms with Gasteiger partial charge in [-0.1, -0.05) is 47.6 Å². The Morgan fingerprint density at radius 2 is 1.35 bits per heavy atom. The minimum absolute atomic E-state index is 0.0276. The molecule has 0 aliphatic carbocycles. The SMILES string of the molecule is COc1cc(-c2cc(OC)c(O)c(C(C)(C)C)c2O)cc(C(C)(C)C)c1. The molecule has 2 rings (SSSR count). The van der Waals surface area contributed by atoms with Crippen LogP contribution in [0.1, 0.15) is 52.7 Å². The van der Waals surface area contributed by atoms with Crippen LogP contribution in [-0.4, -0.2) is 24.4 Å². The first-order chi connectivity index (χ1) is 11.9. The minimum Gasteiger partial charge on any atom is -0.507 e. The molecule has 0 aliphatic heterocycles. The lowest BCUT2D eigenvalue weighted by molar-refractivity contribution is 0.356. The highest BCUT2D eigenvalue weighted by atomic mass is 16.5. The Labute approximate surface area is 156 Å². The van der Waals surface area contributed by atoms with Gasteiger partial charge in [-0.2, -0.15) is 0 Å². The molecule has 142 valence electrons. The second-order valence-electron chi connectivity index (χ2n) is 8.65. The molecule has 0 aromatic heterocycles. The third-order valence-corrected chi connectivity index (χ3v) is 4.53. The van der Waals surface area contributed by atoms with Gasteiger partial charge in [-0.3, -0.25) is 0 Å². The lowest BCUT2D eigenvalue weighted by Crippen LogP contribution is -2.13. The molecule has 0 unspecified atom stereocenters. The zero-order chi connectivity index (χ0) is 19.9. The lowest BCUT2D eigenvalue weighted by atomic mass is 9.81. The predicted octanol–water partition coefficient (Wildman–Crippen LogP) is 5.38. The molecule has 4 heteroatoms. The summed E-state index contributed by atoms with van der Waals surface area (Å²) in [6, 6.07) is 7.59. The number of phenolic OH excluding ortho intramolecular Hbond substituents is 2. The summed E-state index contributed by atoms with van der Waals surface area (Å²) in [6.07, 6.45) is 0. The number of rotatable bonds is 3. The fraction of sp³-hybridized carbons (Fsp3) is 0.455. The zero-order valence-corrected chi connectivity index (χ0v) is 17.0. The van der Waals surface area contributed by atoms with Crippen molar-refractivity contribution < 1.29 is 19.7 Å². The Morgan fingerprint density at radius 3 is 1.81 bits per heavy atom. The maximum absolute atomic E-state index is 11.0. The highest BCUT2D eigenvalue weighted by Gasteiger charge is 2.28. The monoisotopic (exact) mass is 358 g/mol. The Hall–Kier alpha value is -2.36. The van der Waals surface area contributed by atoms with E-state index in [4.69, 9.17) is 9.47 Å². The second kappa shape index (κ2) is 6.75. The van der Waals surface area contributed by atoms with Crippen molar-refractivity contribution in [2.75, 3.05) is 14.2 Å². The lowest BCUT2D eigenvalue weighted by Gasteiger charge is -2.26. The number of aromatic hydroxyl groups is 2. The molecule has 0 spiro atoms. The third-order valence-electron chi connectivity index (χ3n) is 4.53. The van der Waals surface area contributed by atoms with Crippen LogP contribution in [0.5, 0.6) is 23.0 Å². The molecular formula is C22H30O4. The number of ether oxygens (including phenoxy) is 2. The van der Waals surface area contributed by atoms with Crippen LogP contribution in [0.15, 0.2) is 24.3 Å². The summed E-state index contributed by atoms with van der Waals surface area (Å²) < 4.78 is 10.8. The number of benzene rings is 2. The first kappa shape index (κ1) is 20.0. The predicted molar refractivity (Wildman–Crippen MR) is 106 cm³/mol. The molecular weight excluding hydrogens is 328 g/mol. The van der Waals surface area contributed by atoms with E-state index in [2.05, 4.69) is 20.8 Å². The van der Waals surface area contributed by atoms with Gasteiger partial charge in [-0.15, -0.1) is 0 Å². The van der Waals surface area contributed by atoms with Crippen LogP contribution in [0.3, 0.4) is 0 Å². The number of hydrogen-bond donors (Lipinski definition) is 2. The molecule has 0 heterocycles. The molecule has 0 amide bonds. The van der Waals surface area contributed by atoms with Crippen LogP contribution in [0.2, 0.25) is 0 Å². The Bertz CT molecular complexity index is 808. The van der Waals surface area contributed by atoms with E-state index in [0.717, 1.165) is 16.9 Å². The van der Waals surface area contributed by atoms with Crippen molar-refractivity contribution in [3.8, 4) is 34.1 Å². The summed E-state index contributed by atoms with van der Waals surface area (Å²) in [5.74, 6) is 1.09.